The summed E-state index contributed by atoms with van der Waals surface area (Å²) in [5, 5.41) is 9.26. The number of hydrogen-bond acceptors (Lipinski definition) is 2. The van der Waals surface area contributed by atoms with Gasteiger partial charge < -0.3 is 10.0 Å². The second-order valence-electron chi connectivity index (χ2n) is 2.68. The largest absolute Gasteiger partial charge is 0.392 e. The lowest BCUT2D eigenvalue weighted by Gasteiger charge is -2.23. The van der Waals surface area contributed by atoms with Crippen LogP contribution in [0.1, 0.15) is 20.3 Å². The molecule has 2 atom stereocenters. The lowest BCUT2D eigenvalue weighted by atomic mass is 10.1. The van der Waals surface area contributed by atoms with Crippen molar-refractivity contribution in [3.63, 3.8) is 0 Å². The Morgan fingerprint density at radius 2 is 1.89 bits per heavy atom. The molecule has 56 valence electrons. The quantitative estimate of drug-likeness (QED) is 0.609. The fraction of sp³-hybridized carbons (Fsp3) is 1.00. The molecular formula is C7H17NO. The maximum atomic E-state index is 9.26. The molecular weight excluding hydrogens is 114 g/mol. The maximum absolute atomic E-state index is 9.26. The molecule has 9 heavy (non-hydrogen) atoms. The summed E-state index contributed by atoms with van der Waals surface area (Å²) in [6.45, 7) is 4.01. The van der Waals surface area contributed by atoms with Crippen molar-refractivity contribution in [3.05, 3.63) is 0 Å². The van der Waals surface area contributed by atoms with Crippen molar-refractivity contribution in [3.8, 4) is 0 Å². The van der Waals surface area contributed by atoms with Crippen LogP contribution in [0.25, 0.3) is 0 Å². The van der Waals surface area contributed by atoms with E-state index < -0.39 is 0 Å². The molecule has 0 aliphatic carbocycles. The van der Waals surface area contributed by atoms with Crippen LogP contribution < -0.4 is 0 Å². The van der Waals surface area contributed by atoms with E-state index in [-0.39, 0.29) is 12.1 Å². The van der Waals surface area contributed by atoms with E-state index in [1.54, 1.807) is 0 Å². The number of nitrogens with zero attached hydrogens (tertiary/aromatic N) is 1. The summed E-state index contributed by atoms with van der Waals surface area (Å²) in [5.41, 5.74) is 0. The van der Waals surface area contributed by atoms with Gasteiger partial charge in [-0.05, 0) is 27.4 Å². The van der Waals surface area contributed by atoms with Crippen LogP contribution in [0, 0.1) is 0 Å². The van der Waals surface area contributed by atoms with E-state index in [4.69, 9.17) is 0 Å². The third-order valence-electron chi connectivity index (χ3n) is 1.79. The average Bonchev–Trinajstić information content (AvgIpc) is 1.84. The minimum Gasteiger partial charge on any atom is -0.392 e. The molecule has 0 rings (SSSR count). The highest BCUT2D eigenvalue weighted by atomic mass is 16.3. The van der Waals surface area contributed by atoms with E-state index in [2.05, 4.69) is 0 Å². The van der Waals surface area contributed by atoms with E-state index in [0.717, 1.165) is 6.42 Å². The molecule has 0 heterocycles. The van der Waals surface area contributed by atoms with Crippen LogP contribution in [0.5, 0.6) is 0 Å². The van der Waals surface area contributed by atoms with Gasteiger partial charge in [-0.1, -0.05) is 6.92 Å². The summed E-state index contributed by atoms with van der Waals surface area (Å²) in [6.07, 6.45) is 0.652. The van der Waals surface area contributed by atoms with Gasteiger partial charge in [-0.3, -0.25) is 0 Å². The minimum absolute atomic E-state index is 0.181. The Morgan fingerprint density at radius 3 is 2.00 bits per heavy atom. The van der Waals surface area contributed by atoms with Crippen molar-refractivity contribution in [1.29, 1.82) is 0 Å². The van der Waals surface area contributed by atoms with E-state index in [9.17, 15) is 5.11 Å². The monoisotopic (exact) mass is 131 g/mol. The maximum Gasteiger partial charge on any atom is 0.0689 e. The molecule has 0 aromatic rings. The van der Waals surface area contributed by atoms with Crippen molar-refractivity contribution in [2.24, 2.45) is 0 Å². The molecule has 2 nitrogen and oxygen atoms in total. The predicted octanol–water partition coefficient (Wildman–Crippen LogP) is 0.707. The summed E-state index contributed by atoms with van der Waals surface area (Å²) in [7, 11) is 3.95. The van der Waals surface area contributed by atoms with Gasteiger partial charge in [0.1, 0.15) is 0 Å². The zero-order chi connectivity index (χ0) is 7.44. The number of likely N-dealkylation sites (N-methyl/N-ethyl adjacent to an activating group) is 1. The van der Waals surface area contributed by atoms with E-state index in [1.807, 2.05) is 32.8 Å². The SMILES string of the molecule is CC[C@@H](O)[C@@H](C)N(C)C. The smallest absolute Gasteiger partial charge is 0.0689 e. The lowest BCUT2D eigenvalue weighted by molar-refractivity contribution is 0.0828. The van der Waals surface area contributed by atoms with Gasteiger partial charge in [-0.15, -0.1) is 0 Å². The van der Waals surface area contributed by atoms with Crippen LogP contribution >= 0.6 is 0 Å². The van der Waals surface area contributed by atoms with Crippen molar-refractivity contribution in [2.75, 3.05) is 14.1 Å². The molecule has 0 fully saturated rings. The standard InChI is InChI=1S/C7H17NO/c1-5-7(9)6(2)8(3)4/h6-7,9H,5H2,1-4H3/t6-,7-/m1/s1. The van der Waals surface area contributed by atoms with Gasteiger partial charge in [-0.25, -0.2) is 0 Å². The average molecular weight is 131 g/mol. The summed E-state index contributed by atoms with van der Waals surface area (Å²) in [4.78, 5) is 2.02. The fourth-order valence-electron chi connectivity index (χ4n) is 0.685. The normalized spacial score (nSPS) is 18.0. The van der Waals surface area contributed by atoms with E-state index in [1.165, 1.54) is 0 Å². The fourth-order valence-corrected chi connectivity index (χ4v) is 0.685. The molecule has 0 spiro atoms. The summed E-state index contributed by atoms with van der Waals surface area (Å²) in [6, 6.07) is 0.273. The van der Waals surface area contributed by atoms with Gasteiger partial charge in [0.15, 0.2) is 0 Å². The summed E-state index contributed by atoms with van der Waals surface area (Å²) < 4.78 is 0. The summed E-state index contributed by atoms with van der Waals surface area (Å²) >= 11 is 0. The Labute approximate surface area is 57.5 Å². The highest BCUT2D eigenvalue weighted by molar-refractivity contribution is 4.67. The molecule has 0 aliphatic rings. The molecule has 0 aromatic heterocycles. The molecule has 0 radical (unpaired) electrons. The molecule has 1 N–H and O–H groups in total. The summed E-state index contributed by atoms with van der Waals surface area (Å²) in [5.74, 6) is 0. The Balaban J connectivity index is 3.58. The third-order valence-corrected chi connectivity index (χ3v) is 1.79. The van der Waals surface area contributed by atoms with Crippen LogP contribution in [0.15, 0.2) is 0 Å². The zero-order valence-corrected chi connectivity index (χ0v) is 6.76. The topological polar surface area (TPSA) is 23.5 Å². The van der Waals surface area contributed by atoms with Gasteiger partial charge in [0.2, 0.25) is 0 Å². The Morgan fingerprint density at radius 1 is 1.44 bits per heavy atom. The van der Waals surface area contributed by atoms with Gasteiger partial charge in [0.25, 0.3) is 0 Å². The molecule has 0 saturated heterocycles. The van der Waals surface area contributed by atoms with Crippen LogP contribution in [-0.2, 0) is 0 Å². The van der Waals surface area contributed by atoms with Gasteiger partial charge in [0, 0.05) is 6.04 Å². The number of aliphatic hydroxyl groups excluding tert-OH is 1. The highest BCUT2D eigenvalue weighted by Crippen LogP contribution is 2.01. The van der Waals surface area contributed by atoms with Crippen LogP contribution in [0.4, 0.5) is 0 Å². The first-order chi connectivity index (χ1) is 4.09. The molecule has 2 heteroatoms. The molecule has 0 bridgehead atoms. The number of aliphatic hydroxyl groups is 1. The first-order valence-corrected chi connectivity index (χ1v) is 3.44. The van der Waals surface area contributed by atoms with Crippen LogP contribution in [0.2, 0.25) is 0 Å². The first-order valence-electron chi connectivity index (χ1n) is 3.44. The number of rotatable bonds is 3. The van der Waals surface area contributed by atoms with Gasteiger partial charge in [0.05, 0.1) is 6.10 Å². The number of hydrogen-bond donors (Lipinski definition) is 1. The second-order valence-corrected chi connectivity index (χ2v) is 2.68. The van der Waals surface area contributed by atoms with Crippen molar-refractivity contribution in [2.45, 2.75) is 32.4 Å². The van der Waals surface area contributed by atoms with Gasteiger partial charge >= 0.3 is 0 Å². The van der Waals surface area contributed by atoms with Gasteiger partial charge in [-0.2, -0.15) is 0 Å². The first kappa shape index (κ1) is 8.92. The van der Waals surface area contributed by atoms with Crippen molar-refractivity contribution in [1.82, 2.24) is 4.90 Å². The van der Waals surface area contributed by atoms with E-state index >= 15 is 0 Å². The molecule has 0 amide bonds. The Bertz CT molecular complexity index is 73.3. The Hall–Kier alpha value is -0.0800. The highest BCUT2D eigenvalue weighted by Gasteiger charge is 2.12. The Kier molecular flexibility index (Phi) is 3.82. The molecule has 0 unspecified atom stereocenters. The third kappa shape index (κ3) is 2.82. The molecule has 0 aliphatic heterocycles. The lowest BCUT2D eigenvalue weighted by Crippen LogP contribution is -2.35. The van der Waals surface area contributed by atoms with E-state index in [0.29, 0.717) is 0 Å². The van der Waals surface area contributed by atoms with Crippen molar-refractivity contribution >= 4 is 0 Å². The molecule has 0 saturated carbocycles. The van der Waals surface area contributed by atoms with Crippen molar-refractivity contribution < 1.29 is 5.11 Å². The zero-order valence-electron chi connectivity index (χ0n) is 6.76. The minimum atomic E-state index is -0.181. The molecule has 0 aromatic carbocycles. The second kappa shape index (κ2) is 3.85. The van der Waals surface area contributed by atoms with Crippen LogP contribution in [-0.4, -0.2) is 36.2 Å². The predicted molar refractivity (Wildman–Crippen MR) is 39.4 cm³/mol. The van der Waals surface area contributed by atoms with Crippen LogP contribution in [0.3, 0.4) is 0 Å².